The smallest absolute Gasteiger partial charge is 0.308 e. The van der Waals surface area contributed by atoms with E-state index in [2.05, 4.69) is 5.32 Å². The van der Waals surface area contributed by atoms with Gasteiger partial charge in [0.2, 0.25) is 10.0 Å². The maximum atomic E-state index is 13.6. The molecule has 0 aliphatic carbocycles. The third-order valence-electron chi connectivity index (χ3n) is 5.36. The van der Waals surface area contributed by atoms with Gasteiger partial charge in [0.25, 0.3) is 0 Å². The largest absolute Gasteiger partial charge is 0.323 e. The fourth-order valence-electron chi connectivity index (χ4n) is 3.79. The summed E-state index contributed by atoms with van der Waals surface area (Å²) in [6.45, 7) is 2.71. The molecule has 7 heteroatoms. The number of urea groups is 1. The molecular weight excluding hydrogens is 410 g/mol. The van der Waals surface area contributed by atoms with Crippen LogP contribution in [-0.2, 0) is 10.0 Å². The van der Waals surface area contributed by atoms with E-state index in [-0.39, 0.29) is 10.9 Å². The number of anilines is 1. The van der Waals surface area contributed by atoms with Crippen LogP contribution in [0, 0.1) is 6.92 Å². The summed E-state index contributed by atoms with van der Waals surface area (Å²) in [6.07, 6.45) is -0.179. The molecule has 2 amide bonds. The van der Waals surface area contributed by atoms with E-state index in [1.807, 2.05) is 55.5 Å². The second kappa shape index (κ2) is 8.91. The van der Waals surface area contributed by atoms with Crippen molar-refractivity contribution in [2.45, 2.75) is 24.4 Å². The molecule has 0 radical (unpaired) electrons. The second-order valence-electron chi connectivity index (χ2n) is 7.56. The van der Waals surface area contributed by atoms with Gasteiger partial charge in [0.1, 0.15) is 6.17 Å². The maximum absolute atomic E-state index is 13.6. The van der Waals surface area contributed by atoms with Crippen LogP contribution in [0.15, 0.2) is 89.8 Å². The van der Waals surface area contributed by atoms with Gasteiger partial charge < -0.3 is 10.2 Å². The first-order valence-corrected chi connectivity index (χ1v) is 11.7. The molecule has 1 atom stereocenters. The predicted octanol–water partition coefficient (Wildman–Crippen LogP) is 4.62. The van der Waals surface area contributed by atoms with Crippen LogP contribution >= 0.6 is 0 Å². The van der Waals surface area contributed by atoms with Gasteiger partial charge in [-0.15, -0.1) is 0 Å². The van der Waals surface area contributed by atoms with Crippen LogP contribution in [0.25, 0.3) is 0 Å². The van der Waals surface area contributed by atoms with Crippen LogP contribution in [0.3, 0.4) is 0 Å². The molecule has 0 unspecified atom stereocenters. The molecule has 1 aliphatic heterocycles. The first-order chi connectivity index (χ1) is 15.0. The normalized spacial score (nSPS) is 17.3. The minimum atomic E-state index is -3.80. The number of hydrogen-bond acceptors (Lipinski definition) is 3. The fraction of sp³-hybridized carbons (Fsp3) is 0.208. The molecule has 1 heterocycles. The van der Waals surface area contributed by atoms with E-state index in [0.29, 0.717) is 25.2 Å². The predicted molar refractivity (Wildman–Crippen MR) is 121 cm³/mol. The van der Waals surface area contributed by atoms with Gasteiger partial charge in [0, 0.05) is 18.8 Å². The van der Waals surface area contributed by atoms with Crippen molar-refractivity contribution in [1.29, 1.82) is 0 Å². The molecule has 1 saturated heterocycles. The lowest BCUT2D eigenvalue weighted by Gasteiger charge is -2.43. The molecule has 1 fully saturated rings. The zero-order valence-corrected chi connectivity index (χ0v) is 18.1. The van der Waals surface area contributed by atoms with E-state index in [1.165, 1.54) is 4.31 Å². The minimum absolute atomic E-state index is 0.226. The molecule has 31 heavy (non-hydrogen) atoms. The first-order valence-electron chi connectivity index (χ1n) is 10.2. The number of benzene rings is 3. The molecule has 6 nitrogen and oxygen atoms in total. The van der Waals surface area contributed by atoms with Crippen LogP contribution in [-0.4, -0.2) is 36.7 Å². The Morgan fingerprint density at radius 2 is 1.48 bits per heavy atom. The lowest BCUT2D eigenvalue weighted by Crippen LogP contribution is -2.53. The third-order valence-corrected chi connectivity index (χ3v) is 7.22. The zero-order chi connectivity index (χ0) is 21.8. The molecule has 0 saturated carbocycles. The van der Waals surface area contributed by atoms with Crippen molar-refractivity contribution < 1.29 is 13.2 Å². The van der Waals surface area contributed by atoms with Gasteiger partial charge >= 0.3 is 6.03 Å². The highest BCUT2D eigenvalue weighted by atomic mass is 32.2. The number of amides is 2. The molecule has 3 aromatic carbocycles. The van der Waals surface area contributed by atoms with Crippen LogP contribution in [0.5, 0.6) is 0 Å². The number of nitrogens with zero attached hydrogens (tertiary/aromatic N) is 2. The highest BCUT2D eigenvalue weighted by Gasteiger charge is 2.40. The monoisotopic (exact) mass is 435 g/mol. The molecular formula is C24H25N3O3S. The van der Waals surface area contributed by atoms with Gasteiger partial charge in [-0.1, -0.05) is 66.2 Å². The lowest BCUT2D eigenvalue weighted by molar-refractivity contribution is 0.0924. The summed E-state index contributed by atoms with van der Waals surface area (Å²) in [5, 5.41) is 2.90. The van der Waals surface area contributed by atoms with Gasteiger partial charge in [-0.05, 0) is 43.2 Å². The number of aryl methyl sites for hydroxylation is 1. The quantitative estimate of drug-likeness (QED) is 0.650. The van der Waals surface area contributed by atoms with Crippen molar-refractivity contribution in [2.24, 2.45) is 0 Å². The van der Waals surface area contributed by atoms with Crippen molar-refractivity contribution in [1.82, 2.24) is 9.21 Å². The van der Waals surface area contributed by atoms with E-state index in [4.69, 9.17) is 0 Å². The van der Waals surface area contributed by atoms with Crippen LogP contribution < -0.4 is 5.32 Å². The van der Waals surface area contributed by atoms with Gasteiger partial charge in [-0.3, -0.25) is 0 Å². The van der Waals surface area contributed by atoms with Gasteiger partial charge in [-0.2, -0.15) is 4.31 Å². The zero-order valence-electron chi connectivity index (χ0n) is 17.3. The number of hydrogen-bond donors (Lipinski definition) is 1. The van der Waals surface area contributed by atoms with Crippen molar-refractivity contribution in [3.05, 3.63) is 96.1 Å². The molecule has 0 spiro atoms. The summed E-state index contributed by atoms with van der Waals surface area (Å²) in [6, 6.07) is 25.0. The van der Waals surface area contributed by atoms with Gasteiger partial charge in [0.05, 0.1) is 4.90 Å². The summed E-state index contributed by atoms with van der Waals surface area (Å²) in [4.78, 5) is 15.0. The Hall–Kier alpha value is -3.16. The van der Waals surface area contributed by atoms with Crippen molar-refractivity contribution in [3.8, 4) is 0 Å². The summed E-state index contributed by atoms with van der Waals surface area (Å²) in [5.74, 6) is 0. The number of carbonyl (C=O) groups is 1. The average Bonchev–Trinajstić information content (AvgIpc) is 2.80. The Morgan fingerprint density at radius 3 is 2.13 bits per heavy atom. The molecule has 1 N–H and O–H groups in total. The number of rotatable bonds is 4. The Bertz CT molecular complexity index is 1130. The summed E-state index contributed by atoms with van der Waals surface area (Å²) >= 11 is 0. The average molecular weight is 436 g/mol. The van der Waals surface area contributed by atoms with Crippen LogP contribution in [0.1, 0.15) is 23.7 Å². The van der Waals surface area contributed by atoms with E-state index < -0.39 is 16.2 Å². The van der Waals surface area contributed by atoms with E-state index in [0.717, 1.165) is 11.1 Å². The van der Waals surface area contributed by atoms with Gasteiger partial charge in [0.15, 0.2) is 0 Å². The van der Waals surface area contributed by atoms with Crippen molar-refractivity contribution in [3.63, 3.8) is 0 Å². The maximum Gasteiger partial charge on any atom is 0.323 e. The van der Waals surface area contributed by atoms with Crippen LogP contribution in [0.2, 0.25) is 0 Å². The molecule has 0 aromatic heterocycles. The lowest BCUT2D eigenvalue weighted by atomic mass is 10.1. The molecule has 0 bridgehead atoms. The Kier molecular flexibility index (Phi) is 6.06. The number of sulfonamides is 1. The Labute approximate surface area is 183 Å². The molecule has 1 aliphatic rings. The topological polar surface area (TPSA) is 69.7 Å². The van der Waals surface area contributed by atoms with E-state index in [9.17, 15) is 13.2 Å². The van der Waals surface area contributed by atoms with E-state index in [1.54, 1.807) is 41.3 Å². The van der Waals surface area contributed by atoms with Gasteiger partial charge in [-0.25, -0.2) is 13.2 Å². The van der Waals surface area contributed by atoms with Crippen LogP contribution in [0.4, 0.5) is 10.5 Å². The molecule has 4 rings (SSSR count). The molecule has 160 valence electrons. The fourth-order valence-corrected chi connectivity index (χ4v) is 5.41. The number of nitrogens with one attached hydrogen (secondary N) is 1. The summed E-state index contributed by atoms with van der Waals surface area (Å²) in [5.41, 5.74) is 2.40. The number of carbonyl (C=O) groups excluding carboxylic acids is 1. The third kappa shape index (κ3) is 4.47. The first kappa shape index (κ1) is 21.1. The Balaban J connectivity index is 1.72. The van der Waals surface area contributed by atoms with Crippen molar-refractivity contribution in [2.75, 3.05) is 18.4 Å². The highest BCUT2D eigenvalue weighted by Crippen LogP contribution is 2.34. The summed E-state index contributed by atoms with van der Waals surface area (Å²) in [7, 11) is -3.80. The number of para-hydroxylation sites is 1. The second-order valence-corrected chi connectivity index (χ2v) is 9.45. The summed E-state index contributed by atoms with van der Waals surface area (Å²) < 4.78 is 28.6. The SMILES string of the molecule is Cc1ccc(S(=O)(=O)N2CCCN(C(=O)Nc3ccccc3)[C@H]2c2ccccc2)cc1. The van der Waals surface area contributed by atoms with E-state index >= 15 is 0 Å². The van der Waals surface area contributed by atoms with Crippen molar-refractivity contribution >= 4 is 21.7 Å². The molecule has 3 aromatic rings. The standard InChI is InChI=1S/C24H25N3O3S/c1-19-13-15-22(16-14-19)31(29,30)27-18-8-17-26(23(27)20-9-4-2-5-10-20)24(28)25-21-11-6-3-7-12-21/h2-7,9-16,23H,8,17-18H2,1H3,(H,25,28)/t23-/m1/s1. The minimum Gasteiger partial charge on any atom is -0.308 e. The highest BCUT2D eigenvalue weighted by molar-refractivity contribution is 7.89. The Morgan fingerprint density at radius 1 is 0.871 bits per heavy atom.